The summed E-state index contributed by atoms with van der Waals surface area (Å²) in [4.78, 5) is 24.7. The van der Waals surface area contributed by atoms with E-state index in [0.29, 0.717) is 33.6 Å². The quantitative estimate of drug-likeness (QED) is 0.405. The molecule has 174 valence electrons. The second-order valence-electron chi connectivity index (χ2n) is 7.70. The molecule has 0 bridgehead atoms. The number of amides is 1. The summed E-state index contributed by atoms with van der Waals surface area (Å²) in [7, 11) is 3.19. The maximum absolute atomic E-state index is 13.9. The molecule has 0 saturated heterocycles. The van der Waals surface area contributed by atoms with E-state index in [1.54, 1.807) is 37.4 Å². The van der Waals surface area contributed by atoms with Crippen LogP contribution in [0.4, 0.5) is 5.13 Å². The molecule has 0 aliphatic carbocycles. The normalized spacial score (nSPS) is 16.8. The minimum absolute atomic E-state index is 0.221. The number of anilines is 1. The molecule has 4 aromatic rings. The molecule has 0 saturated carbocycles. The van der Waals surface area contributed by atoms with E-state index in [0.717, 1.165) is 10.4 Å². The molecule has 0 spiro atoms. The zero-order valence-corrected chi connectivity index (χ0v) is 19.7. The van der Waals surface area contributed by atoms with Crippen molar-refractivity contribution in [3.05, 3.63) is 66.5 Å². The SMILES string of the molecule is COc1ccc(OC)c2sc(N(Cc3ccccn3)C(=O)C3Oc4ccccc4OC3C)nc12. The van der Waals surface area contributed by atoms with E-state index in [1.165, 1.54) is 11.3 Å². The van der Waals surface area contributed by atoms with Crippen LogP contribution in [0.15, 0.2) is 60.8 Å². The van der Waals surface area contributed by atoms with Gasteiger partial charge < -0.3 is 18.9 Å². The summed E-state index contributed by atoms with van der Waals surface area (Å²) in [5.41, 5.74) is 1.35. The van der Waals surface area contributed by atoms with Gasteiger partial charge in [0.25, 0.3) is 5.91 Å². The van der Waals surface area contributed by atoms with Crippen LogP contribution in [0.2, 0.25) is 0 Å². The molecule has 2 aromatic carbocycles. The van der Waals surface area contributed by atoms with Crippen LogP contribution in [0, 0.1) is 0 Å². The number of hydrogen-bond donors (Lipinski definition) is 0. The largest absolute Gasteiger partial charge is 0.495 e. The zero-order valence-electron chi connectivity index (χ0n) is 18.9. The summed E-state index contributed by atoms with van der Waals surface area (Å²) in [6, 6.07) is 16.5. The molecule has 9 heteroatoms. The van der Waals surface area contributed by atoms with Crippen molar-refractivity contribution in [1.29, 1.82) is 0 Å². The summed E-state index contributed by atoms with van der Waals surface area (Å²) in [6.07, 6.45) is 0.350. The van der Waals surface area contributed by atoms with Gasteiger partial charge in [0.15, 0.2) is 16.6 Å². The van der Waals surface area contributed by atoms with Crippen LogP contribution in [0.5, 0.6) is 23.0 Å². The number of benzene rings is 2. The third-order valence-corrected chi connectivity index (χ3v) is 6.62. The van der Waals surface area contributed by atoms with Crippen LogP contribution in [0.1, 0.15) is 12.6 Å². The van der Waals surface area contributed by atoms with Crippen molar-refractivity contribution in [1.82, 2.24) is 9.97 Å². The predicted molar refractivity (Wildman–Crippen MR) is 129 cm³/mol. The molecule has 1 aliphatic heterocycles. The third-order valence-electron chi connectivity index (χ3n) is 5.53. The van der Waals surface area contributed by atoms with E-state index in [2.05, 4.69) is 4.98 Å². The predicted octanol–water partition coefficient (Wildman–Crippen LogP) is 4.47. The average Bonchev–Trinajstić information content (AvgIpc) is 3.32. The monoisotopic (exact) mass is 477 g/mol. The number of aromatic nitrogens is 2. The van der Waals surface area contributed by atoms with E-state index in [4.69, 9.17) is 23.9 Å². The highest BCUT2D eigenvalue weighted by Crippen LogP contribution is 2.41. The number of methoxy groups -OCH3 is 2. The Bertz CT molecular complexity index is 1290. The molecule has 2 unspecified atom stereocenters. The maximum atomic E-state index is 13.9. The molecule has 0 N–H and O–H groups in total. The number of carbonyl (C=O) groups excluding carboxylic acids is 1. The number of rotatable bonds is 6. The molecule has 1 aliphatic rings. The molecule has 34 heavy (non-hydrogen) atoms. The number of hydrogen-bond acceptors (Lipinski definition) is 8. The second-order valence-corrected chi connectivity index (χ2v) is 8.68. The highest BCUT2D eigenvalue weighted by Gasteiger charge is 2.38. The van der Waals surface area contributed by atoms with Crippen molar-refractivity contribution in [2.24, 2.45) is 0 Å². The lowest BCUT2D eigenvalue weighted by atomic mass is 10.1. The summed E-state index contributed by atoms with van der Waals surface area (Å²) in [5.74, 6) is 2.13. The Hall–Kier alpha value is -3.85. The first-order valence-corrected chi connectivity index (χ1v) is 11.6. The number of carbonyl (C=O) groups is 1. The van der Waals surface area contributed by atoms with Crippen molar-refractivity contribution in [2.45, 2.75) is 25.7 Å². The molecule has 8 nitrogen and oxygen atoms in total. The fraction of sp³-hybridized carbons (Fsp3) is 0.240. The highest BCUT2D eigenvalue weighted by molar-refractivity contribution is 7.22. The van der Waals surface area contributed by atoms with Crippen molar-refractivity contribution in [2.75, 3.05) is 19.1 Å². The van der Waals surface area contributed by atoms with E-state index < -0.39 is 12.2 Å². The molecule has 2 atom stereocenters. The Balaban J connectivity index is 1.57. The van der Waals surface area contributed by atoms with E-state index in [9.17, 15) is 4.79 Å². The lowest BCUT2D eigenvalue weighted by Crippen LogP contribution is -2.50. The van der Waals surface area contributed by atoms with Gasteiger partial charge >= 0.3 is 0 Å². The number of thiazole rings is 1. The lowest BCUT2D eigenvalue weighted by Gasteiger charge is -2.33. The van der Waals surface area contributed by atoms with Gasteiger partial charge in [0.1, 0.15) is 27.8 Å². The van der Waals surface area contributed by atoms with E-state index in [1.807, 2.05) is 49.4 Å². The van der Waals surface area contributed by atoms with Crippen LogP contribution >= 0.6 is 11.3 Å². The molecule has 1 amide bonds. The Morgan fingerprint density at radius 1 is 1.00 bits per heavy atom. The van der Waals surface area contributed by atoms with Gasteiger partial charge in [-0.05, 0) is 43.3 Å². The molecule has 5 rings (SSSR count). The first-order valence-electron chi connectivity index (χ1n) is 10.7. The minimum atomic E-state index is -0.852. The molecule has 3 heterocycles. The van der Waals surface area contributed by atoms with Crippen molar-refractivity contribution in [3.8, 4) is 23.0 Å². The summed E-state index contributed by atoms with van der Waals surface area (Å²) in [5, 5.41) is 0.489. The van der Waals surface area contributed by atoms with Gasteiger partial charge in [0.2, 0.25) is 6.10 Å². The van der Waals surface area contributed by atoms with Crippen LogP contribution in [0.25, 0.3) is 10.2 Å². The van der Waals surface area contributed by atoms with Gasteiger partial charge in [-0.15, -0.1) is 0 Å². The van der Waals surface area contributed by atoms with Gasteiger partial charge in [-0.2, -0.15) is 0 Å². The number of para-hydroxylation sites is 2. The van der Waals surface area contributed by atoms with Crippen LogP contribution in [-0.2, 0) is 11.3 Å². The van der Waals surface area contributed by atoms with Crippen molar-refractivity contribution >= 4 is 32.6 Å². The van der Waals surface area contributed by atoms with Crippen molar-refractivity contribution in [3.63, 3.8) is 0 Å². The second kappa shape index (κ2) is 9.18. The first kappa shape index (κ1) is 22.0. The summed E-state index contributed by atoms with van der Waals surface area (Å²) in [6.45, 7) is 2.04. The Morgan fingerprint density at radius 3 is 2.41 bits per heavy atom. The summed E-state index contributed by atoms with van der Waals surface area (Å²) >= 11 is 1.35. The average molecular weight is 478 g/mol. The maximum Gasteiger partial charge on any atom is 0.274 e. The summed E-state index contributed by atoms with van der Waals surface area (Å²) < 4.78 is 23.9. The molecular weight excluding hydrogens is 454 g/mol. The van der Waals surface area contributed by atoms with E-state index in [-0.39, 0.29) is 12.5 Å². The number of fused-ring (bicyclic) bond motifs is 2. The fourth-order valence-electron chi connectivity index (χ4n) is 3.83. The van der Waals surface area contributed by atoms with E-state index >= 15 is 0 Å². The van der Waals surface area contributed by atoms with Gasteiger partial charge in [-0.25, -0.2) is 4.98 Å². The smallest absolute Gasteiger partial charge is 0.274 e. The molecule has 0 fully saturated rings. The third kappa shape index (κ3) is 3.99. The van der Waals surface area contributed by atoms with Crippen LogP contribution in [0.3, 0.4) is 0 Å². The zero-order chi connectivity index (χ0) is 23.7. The first-order chi connectivity index (χ1) is 16.6. The molecule has 0 radical (unpaired) electrons. The van der Waals surface area contributed by atoms with Gasteiger partial charge in [0.05, 0.1) is 26.5 Å². The Morgan fingerprint density at radius 2 is 1.71 bits per heavy atom. The fourth-order valence-corrected chi connectivity index (χ4v) is 4.91. The topological polar surface area (TPSA) is 83.0 Å². The number of ether oxygens (including phenoxy) is 4. The lowest BCUT2D eigenvalue weighted by molar-refractivity contribution is -0.130. The van der Waals surface area contributed by atoms with Crippen LogP contribution < -0.4 is 23.8 Å². The van der Waals surface area contributed by atoms with Gasteiger partial charge in [-0.1, -0.05) is 29.5 Å². The Kier molecular flexibility index (Phi) is 5.93. The molecular formula is C25H23N3O5S. The number of nitrogens with zero attached hydrogens (tertiary/aromatic N) is 3. The van der Waals surface area contributed by atoms with Gasteiger partial charge in [-0.3, -0.25) is 14.7 Å². The molecule has 2 aromatic heterocycles. The minimum Gasteiger partial charge on any atom is -0.495 e. The highest BCUT2D eigenvalue weighted by atomic mass is 32.1. The van der Waals surface area contributed by atoms with Crippen LogP contribution in [-0.4, -0.2) is 42.3 Å². The standard InChI is InChI=1S/C25H23N3O5S/c1-15-22(33-18-10-5-4-9-17(18)32-15)24(29)28(14-16-8-6-7-13-26-16)25-27-21-19(30-2)11-12-20(31-3)23(21)34-25/h4-13,15,22H,14H2,1-3H3. The van der Waals surface area contributed by atoms with Gasteiger partial charge in [0, 0.05) is 6.20 Å². The van der Waals surface area contributed by atoms with Crippen molar-refractivity contribution < 1.29 is 23.7 Å². The number of pyridine rings is 1. The Labute approximate surface area is 200 Å².